The predicted octanol–water partition coefficient (Wildman–Crippen LogP) is 4.49. The van der Waals surface area contributed by atoms with Crippen molar-refractivity contribution >= 4 is 27.7 Å². The molecular formula is C26H29BrF3N3O3. The highest BCUT2D eigenvalue weighted by Crippen LogP contribution is 2.49. The third-order valence-corrected chi connectivity index (χ3v) is 7.45. The van der Waals surface area contributed by atoms with E-state index in [1.165, 1.54) is 24.3 Å². The Morgan fingerprint density at radius 1 is 1.03 bits per heavy atom. The Kier molecular flexibility index (Phi) is 7.94. The second-order valence-electron chi connectivity index (χ2n) is 9.63. The summed E-state index contributed by atoms with van der Waals surface area (Å²) in [7, 11) is 0. The highest BCUT2D eigenvalue weighted by molar-refractivity contribution is 9.10. The minimum Gasteiger partial charge on any atom is -0.406 e. The molecule has 2 aliphatic rings. The number of benzene rings is 2. The van der Waals surface area contributed by atoms with Crippen molar-refractivity contribution in [3.05, 3.63) is 64.1 Å². The molecule has 0 aliphatic heterocycles. The minimum absolute atomic E-state index is 0.0117. The van der Waals surface area contributed by atoms with Crippen LogP contribution in [0, 0.1) is 0 Å². The summed E-state index contributed by atoms with van der Waals surface area (Å²) in [6, 6.07) is 12.3. The SMILES string of the molecule is NC1CCC(NC(=O)[C@H](Cc2ccc(Br)cc2)NC(=O)C2(c3ccc(OC(F)(F)F)cc3)CC2)CC1. The van der Waals surface area contributed by atoms with E-state index in [4.69, 9.17) is 5.73 Å². The lowest BCUT2D eigenvalue weighted by atomic mass is 9.91. The molecule has 0 saturated heterocycles. The van der Waals surface area contributed by atoms with Gasteiger partial charge in [0.15, 0.2) is 0 Å². The van der Waals surface area contributed by atoms with Crippen molar-refractivity contribution in [3.63, 3.8) is 0 Å². The number of hydrogen-bond donors (Lipinski definition) is 3. The van der Waals surface area contributed by atoms with Gasteiger partial charge in [-0.1, -0.05) is 40.2 Å². The Balaban J connectivity index is 1.47. The van der Waals surface area contributed by atoms with E-state index >= 15 is 0 Å². The van der Waals surface area contributed by atoms with Gasteiger partial charge < -0.3 is 21.1 Å². The highest BCUT2D eigenvalue weighted by Gasteiger charge is 2.52. The molecule has 1 atom stereocenters. The molecule has 4 N–H and O–H groups in total. The van der Waals surface area contributed by atoms with E-state index < -0.39 is 17.8 Å². The molecule has 2 aliphatic carbocycles. The third kappa shape index (κ3) is 6.79. The number of nitrogens with two attached hydrogens (primary N) is 1. The molecule has 2 amide bonds. The molecule has 0 bridgehead atoms. The van der Waals surface area contributed by atoms with Crippen LogP contribution in [0.5, 0.6) is 5.75 Å². The number of rotatable bonds is 8. The van der Waals surface area contributed by atoms with Crippen LogP contribution >= 0.6 is 15.9 Å². The number of halogens is 4. The van der Waals surface area contributed by atoms with Crippen LogP contribution in [0.3, 0.4) is 0 Å². The minimum atomic E-state index is -4.78. The predicted molar refractivity (Wildman–Crippen MR) is 132 cm³/mol. The quantitative estimate of drug-likeness (QED) is 0.438. The molecule has 0 unspecified atom stereocenters. The Hall–Kier alpha value is -2.59. The summed E-state index contributed by atoms with van der Waals surface area (Å²) < 4.78 is 42.3. The molecule has 2 aromatic carbocycles. The molecule has 2 saturated carbocycles. The number of carbonyl (C=O) groups excluding carboxylic acids is 2. The Labute approximate surface area is 216 Å². The van der Waals surface area contributed by atoms with Gasteiger partial charge in [-0.2, -0.15) is 0 Å². The van der Waals surface area contributed by atoms with Gasteiger partial charge >= 0.3 is 6.36 Å². The number of ether oxygens (including phenoxy) is 1. The first kappa shape index (κ1) is 26.5. The van der Waals surface area contributed by atoms with Crippen LogP contribution in [0.15, 0.2) is 53.0 Å². The van der Waals surface area contributed by atoms with Gasteiger partial charge in [0.05, 0.1) is 5.41 Å². The Morgan fingerprint density at radius 2 is 1.64 bits per heavy atom. The lowest BCUT2D eigenvalue weighted by Crippen LogP contribution is -2.53. The average Bonchev–Trinajstić information content (AvgIpc) is 3.63. The van der Waals surface area contributed by atoms with Crippen LogP contribution in [0.4, 0.5) is 13.2 Å². The van der Waals surface area contributed by atoms with Gasteiger partial charge in [0.1, 0.15) is 11.8 Å². The first-order chi connectivity index (χ1) is 17.0. The van der Waals surface area contributed by atoms with E-state index in [9.17, 15) is 22.8 Å². The Morgan fingerprint density at radius 3 is 2.19 bits per heavy atom. The third-order valence-electron chi connectivity index (χ3n) is 6.92. The zero-order chi connectivity index (χ0) is 25.9. The van der Waals surface area contributed by atoms with Crippen molar-refractivity contribution in [2.45, 2.75) is 74.8 Å². The molecule has 0 aromatic heterocycles. The fourth-order valence-corrected chi connectivity index (χ4v) is 4.94. The van der Waals surface area contributed by atoms with Crippen molar-refractivity contribution < 1.29 is 27.5 Å². The normalized spacial score (nSPS) is 21.8. The van der Waals surface area contributed by atoms with Gasteiger partial charge in [-0.05, 0) is 73.9 Å². The largest absolute Gasteiger partial charge is 0.573 e. The topological polar surface area (TPSA) is 93.5 Å². The van der Waals surface area contributed by atoms with E-state index in [2.05, 4.69) is 31.3 Å². The van der Waals surface area contributed by atoms with Gasteiger partial charge in [0.25, 0.3) is 0 Å². The maximum absolute atomic E-state index is 13.4. The molecule has 0 heterocycles. The number of nitrogens with one attached hydrogen (secondary N) is 2. The summed E-state index contributed by atoms with van der Waals surface area (Å²) >= 11 is 3.40. The summed E-state index contributed by atoms with van der Waals surface area (Å²) in [5.41, 5.74) is 6.60. The van der Waals surface area contributed by atoms with Gasteiger partial charge in [0, 0.05) is 23.0 Å². The highest BCUT2D eigenvalue weighted by atomic mass is 79.9. The lowest BCUT2D eigenvalue weighted by Gasteiger charge is -2.29. The second kappa shape index (κ2) is 10.8. The first-order valence-electron chi connectivity index (χ1n) is 12.0. The fraction of sp³-hybridized carbons (Fsp3) is 0.462. The number of hydrogen-bond acceptors (Lipinski definition) is 4. The van der Waals surface area contributed by atoms with E-state index in [0.29, 0.717) is 24.8 Å². The molecular weight excluding hydrogens is 539 g/mol. The van der Waals surface area contributed by atoms with Crippen molar-refractivity contribution in [2.75, 3.05) is 0 Å². The van der Waals surface area contributed by atoms with E-state index in [1.54, 1.807) is 0 Å². The summed E-state index contributed by atoms with van der Waals surface area (Å²) in [5.74, 6) is -0.909. The molecule has 194 valence electrons. The number of carbonyl (C=O) groups is 2. The van der Waals surface area contributed by atoms with Crippen LogP contribution in [0.1, 0.15) is 49.7 Å². The molecule has 2 aromatic rings. The second-order valence-corrected chi connectivity index (χ2v) is 10.5. The van der Waals surface area contributed by atoms with Crippen LogP contribution in [-0.2, 0) is 21.4 Å². The molecule has 10 heteroatoms. The summed E-state index contributed by atoms with van der Waals surface area (Å²) in [5, 5.41) is 6.01. The van der Waals surface area contributed by atoms with Gasteiger partial charge in [-0.3, -0.25) is 9.59 Å². The van der Waals surface area contributed by atoms with Crippen LogP contribution < -0.4 is 21.1 Å². The maximum Gasteiger partial charge on any atom is 0.573 e. The average molecular weight is 568 g/mol. The van der Waals surface area contributed by atoms with Gasteiger partial charge in [0.2, 0.25) is 11.8 Å². The summed E-state index contributed by atoms with van der Waals surface area (Å²) in [6.45, 7) is 0. The number of amides is 2. The van der Waals surface area contributed by atoms with Crippen molar-refractivity contribution in [1.29, 1.82) is 0 Å². The molecule has 4 rings (SSSR count). The lowest BCUT2D eigenvalue weighted by molar-refractivity contribution is -0.274. The summed E-state index contributed by atoms with van der Waals surface area (Å²) in [4.78, 5) is 26.7. The summed E-state index contributed by atoms with van der Waals surface area (Å²) in [6.07, 6.45) is -0.114. The van der Waals surface area contributed by atoms with E-state index in [1.807, 2.05) is 24.3 Å². The Bertz CT molecular complexity index is 1060. The van der Waals surface area contributed by atoms with E-state index in [0.717, 1.165) is 35.7 Å². The molecule has 0 radical (unpaired) electrons. The van der Waals surface area contributed by atoms with Crippen molar-refractivity contribution in [1.82, 2.24) is 10.6 Å². The monoisotopic (exact) mass is 567 g/mol. The van der Waals surface area contributed by atoms with Crippen molar-refractivity contribution in [3.8, 4) is 5.75 Å². The molecule has 6 nitrogen and oxygen atoms in total. The standard InChI is InChI=1S/C26H29BrF3N3O3/c27-18-5-1-16(2-6-18)15-22(23(34)32-20-9-7-19(31)8-10-20)33-24(35)25(13-14-25)17-3-11-21(12-4-17)36-26(28,29)30/h1-6,11-12,19-20,22H,7-10,13-15,31H2,(H,32,34)(H,33,35)/t19?,20?,22-/m0/s1. The van der Waals surface area contributed by atoms with Crippen LogP contribution in [0.2, 0.25) is 0 Å². The van der Waals surface area contributed by atoms with E-state index in [-0.39, 0.29) is 29.6 Å². The fourth-order valence-electron chi connectivity index (χ4n) is 4.67. The smallest absolute Gasteiger partial charge is 0.406 e. The van der Waals surface area contributed by atoms with Crippen molar-refractivity contribution in [2.24, 2.45) is 5.73 Å². The van der Waals surface area contributed by atoms with Crippen LogP contribution in [0.25, 0.3) is 0 Å². The zero-order valence-electron chi connectivity index (χ0n) is 19.6. The van der Waals surface area contributed by atoms with Crippen LogP contribution in [-0.4, -0.2) is 36.3 Å². The molecule has 2 fully saturated rings. The van der Waals surface area contributed by atoms with Gasteiger partial charge in [-0.15, -0.1) is 13.2 Å². The van der Waals surface area contributed by atoms with Gasteiger partial charge in [-0.25, -0.2) is 0 Å². The molecule has 0 spiro atoms. The first-order valence-corrected chi connectivity index (χ1v) is 12.8. The number of alkyl halides is 3. The molecule has 36 heavy (non-hydrogen) atoms. The maximum atomic E-state index is 13.4. The zero-order valence-corrected chi connectivity index (χ0v) is 21.2.